The largest absolute Gasteiger partial charge is 0.460 e. The summed E-state index contributed by atoms with van der Waals surface area (Å²) in [4.78, 5) is 0. The zero-order valence-corrected chi connectivity index (χ0v) is 11.4. The zero-order valence-electron chi connectivity index (χ0n) is 11.4. The van der Waals surface area contributed by atoms with Crippen molar-refractivity contribution in [3.8, 4) is 11.3 Å². The van der Waals surface area contributed by atoms with Gasteiger partial charge in [0.05, 0.1) is 12.6 Å². The molecule has 0 amide bonds. The predicted molar refractivity (Wildman–Crippen MR) is 73.5 cm³/mol. The SMILES string of the molecule is CC(NCc1ccc(-c2ccc(F)cc2)o1)c1nn[nH]n1. The molecule has 1 aromatic carbocycles. The Hall–Kier alpha value is -2.54. The summed E-state index contributed by atoms with van der Waals surface area (Å²) in [5.74, 6) is 1.82. The summed E-state index contributed by atoms with van der Waals surface area (Å²) in [6.45, 7) is 2.48. The van der Waals surface area contributed by atoms with Crippen molar-refractivity contribution in [3.05, 3.63) is 53.8 Å². The van der Waals surface area contributed by atoms with E-state index in [1.807, 2.05) is 19.1 Å². The van der Waals surface area contributed by atoms with E-state index in [9.17, 15) is 4.39 Å². The van der Waals surface area contributed by atoms with Crippen molar-refractivity contribution < 1.29 is 8.81 Å². The number of aromatic amines is 1. The van der Waals surface area contributed by atoms with E-state index in [1.165, 1.54) is 12.1 Å². The normalized spacial score (nSPS) is 12.5. The van der Waals surface area contributed by atoms with Crippen LogP contribution in [0.15, 0.2) is 40.8 Å². The zero-order chi connectivity index (χ0) is 14.7. The first kappa shape index (κ1) is 13.4. The Morgan fingerprint density at radius 1 is 1.24 bits per heavy atom. The fourth-order valence-corrected chi connectivity index (χ4v) is 1.94. The number of benzene rings is 1. The number of tetrazole rings is 1. The number of hydrogen-bond acceptors (Lipinski definition) is 5. The predicted octanol–water partition coefficient (Wildman–Crippen LogP) is 2.45. The lowest BCUT2D eigenvalue weighted by molar-refractivity contribution is 0.460. The Morgan fingerprint density at radius 3 is 2.76 bits per heavy atom. The fourth-order valence-electron chi connectivity index (χ4n) is 1.94. The van der Waals surface area contributed by atoms with E-state index in [2.05, 4.69) is 25.9 Å². The molecule has 0 aliphatic carbocycles. The second-order valence-corrected chi connectivity index (χ2v) is 4.65. The first-order valence-electron chi connectivity index (χ1n) is 6.54. The quantitative estimate of drug-likeness (QED) is 0.753. The minimum absolute atomic E-state index is 0.0388. The highest BCUT2D eigenvalue weighted by molar-refractivity contribution is 5.57. The molecular formula is C14H14FN5O. The number of H-pyrrole nitrogens is 1. The van der Waals surface area contributed by atoms with Crippen LogP contribution in [0.5, 0.6) is 0 Å². The van der Waals surface area contributed by atoms with Gasteiger partial charge < -0.3 is 9.73 Å². The molecule has 0 radical (unpaired) electrons. The molecule has 0 spiro atoms. The van der Waals surface area contributed by atoms with Gasteiger partial charge in [0.1, 0.15) is 17.3 Å². The Balaban J connectivity index is 1.64. The molecule has 0 aliphatic heterocycles. The summed E-state index contributed by atoms with van der Waals surface area (Å²) in [6.07, 6.45) is 0. The molecule has 21 heavy (non-hydrogen) atoms. The van der Waals surface area contributed by atoms with Crippen molar-refractivity contribution in [3.63, 3.8) is 0 Å². The van der Waals surface area contributed by atoms with Gasteiger partial charge >= 0.3 is 0 Å². The summed E-state index contributed by atoms with van der Waals surface area (Å²) in [6, 6.07) is 9.91. The Kier molecular flexibility index (Phi) is 3.74. The second-order valence-electron chi connectivity index (χ2n) is 4.65. The van der Waals surface area contributed by atoms with Gasteiger partial charge in [-0.3, -0.25) is 0 Å². The molecule has 2 N–H and O–H groups in total. The van der Waals surface area contributed by atoms with Crippen molar-refractivity contribution in [2.45, 2.75) is 19.5 Å². The van der Waals surface area contributed by atoms with Crippen LogP contribution in [0.2, 0.25) is 0 Å². The number of nitrogens with one attached hydrogen (secondary N) is 2. The van der Waals surface area contributed by atoms with Gasteiger partial charge in [0.25, 0.3) is 0 Å². The Bertz CT molecular complexity index is 692. The van der Waals surface area contributed by atoms with E-state index >= 15 is 0 Å². The number of halogens is 1. The van der Waals surface area contributed by atoms with E-state index in [1.54, 1.807) is 12.1 Å². The molecule has 7 heteroatoms. The molecule has 0 saturated heterocycles. The summed E-state index contributed by atoms with van der Waals surface area (Å²) < 4.78 is 18.6. The van der Waals surface area contributed by atoms with Crippen LogP contribution >= 0.6 is 0 Å². The molecule has 108 valence electrons. The molecule has 3 rings (SSSR count). The molecule has 0 saturated carbocycles. The number of rotatable bonds is 5. The highest BCUT2D eigenvalue weighted by Gasteiger charge is 2.11. The highest BCUT2D eigenvalue weighted by atomic mass is 19.1. The van der Waals surface area contributed by atoms with Crippen LogP contribution < -0.4 is 5.32 Å². The molecule has 2 aromatic heterocycles. The van der Waals surface area contributed by atoms with E-state index in [-0.39, 0.29) is 11.9 Å². The lowest BCUT2D eigenvalue weighted by Gasteiger charge is -2.07. The van der Waals surface area contributed by atoms with Crippen molar-refractivity contribution in [1.82, 2.24) is 25.9 Å². The smallest absolute Gasteiger partial charge is 0.191 e. The van der Waals surface area contributed by atoms with E-state index in [4.69, 9.17) is 4.42 Å². The second kappa shape index (κ2) is 5.84. The molecule has 0 fully saturated rings. The van der Waals surface area contributed by atoms with Gasteiger partial charge in [-0.1, -0.05) is 5.21 Å². The molecule has 1 unspecified atom stereocenters. The summed E-state index contributed by atoms with van der Waals surface area (Å²) >= 11 is 0. The molecule has 0 aliphatic rings. The molecule has 2 heterocycles. The van der Waals surface area contributed by atoms with Gasteiger partial charge in [-0.25, -0.2) is 4.39 Å². The highest BCUT2D eigenvalue weighted by Crippen LogP contribution is 2.22. The number of nitrogens with zero attached hydrogens (tertiary/aromatic N) is 3. The van der Waals surface area contributed by atoms with Gasteiger partial charge in [-0.2, -0.15) is 5.21 Å². The number of hydrogen-bond donors (Lipinski definition) is 2. The van der Waals surface area contributed by atoms with Crippen molar-refractivity contribution in [2.24, 2.45) is 0 Å². The molecule has 0 bridgehead atoms. The lowest BCUT2D eigenvalue weighted by Crippen LogP contribution is -2.18. The van der Waals surface area contributed by atoms with Crippen molar-refractivity contribution >= 4 is 0 Å². The first-order chi connectivity index (χ1) is 10.2. The van der Waals surface area contributed by atoms with Crippen molar-refractivity contribution in [2.75, 3.05) is 0 Å². The van der Waals surface area contributed by atoms with Crippen LogP contribution in [-0.4, -0.2) is 20.6 Å². The third-order valence-corrected chi connectivity index (χ3v) is 3.12. The molecule has 1 atom stereocenters. The van der Waals surface area contributed by atoms with Gasteiger partial charge in [0, 0.05) is 5.56 Å². The summed E-state index contributed by atoms with van der Waals surface area (Å²) in [7, 11) is 0. The maximum atomic E-state index is 12.9. The minimum atomic E-state index is -0.263. The monoisotopic (exact) mass is 287 g/mol. The fraction of sp³-hybridized carbons (Fsp3) is 0.214. The summed E-state index contributed by atoms with van der Waals surface area (Å²) in [5.41, 5.74) is 0.842. The lowest BCUT2D eigenvalue weighted by atomic mass is 10.2. The molecular weight excluding hydrogens is 273 g/mol. The maximum Gasteiger partial charge on any atom is 0.191 e. The van der Waals surface area contributed by atoms with Crippen LogP contribution in [0.3, 0.4) is 0 Å². The van der Waals surface area contributed by atoms with Crippen LogP contribution in [0.4, 0.5) is 4.39 Å². The van der Waals surface area contributed by atoms with Crippen molar-refractivity contribution in [1.29, 1.82) is 0 Å². The van der Waals surface area contributed by atoms with Gasteiger partial charge in [0.2, 0.25) is 0 Å². The minimum Gasteiger partial charge on any atom is -0.460 e. The van der Waals surface area contributed by atoms with Crippen LogP contribution in [0.1, 0.15) is 24.6 Å². The van der Waals surface area contributed by atoms with Crippen LogP contribution in [-0.2, 0) is 6.54 Å². The van der Waals surface area contributed by atoms with Gasteiger partial charge in [0.15, 0.2) is 5.82 Å². The van der Waals surface area contributed by atoms with Gasteiger partial charge in [-0.05, 0) is 43.3 Å². The molecule has 6 nitrogen and oxygen atoms in total. The maximum absolute atomic E-state index is 12.9. The summed E-state index contributed by atoms with van der Waals surface area (Å²) in [5, 5.41) is 17.0. The van der Waals surface area contributed by atoms with E-state index < -0.39 is 0 Å². The average molecular weight is 287 g/mol. The van der Waals surface area contributed by atoms with E-state index in [0.29, 0.717) is 18.1 Å². The molecule has 3 aromatic rings. The Labute approximate surface area is 120 Å². The Morgan fingerprint density at radius 2 is 2.05 bits per heavy atom. The third kappa shape index (κ3) is 3.14. The standard InChI is InChI=1S/C14H14FN5O/c1-9(14-17-19-20-18-14)16-8-12-6-7-13(21-12)10-2-4-11(15)5-3-10/h2-7,9,16H,8H2,1H3,(H,17,18,19,20). The van der Waals surface area contributed by atoms with Crippen LogP contribution in [0, 0.1) is 5.82 Å². The number of aromatic nitrogens is 4. The van der Waals surface area contributed by atoms with Gasteiger partial charge in [-0.15, -0.1) is 10.2 Å². The first-order valence-corrected chi connectivity index (χ1v) is 6.54. The van der Waals surface area contributed by atoms with E-state index in [0.717, 1.165) is 11.3 Å². The average Bonchev–Trinajstić information content (AvgIpc) is 3.17. The van der Waals surface area contributed by atoms with Crippen LogP contribution in [0.25, 0.3) is 11.3 Å². The number of furan rings is 1. The topological polar surface area (TPSA) is 79.6 Å². The third-order valence-electron chi connectivity index (χ3n) is 3.12.